The zero-order valence-corrected chi connectivity index (χ0v) is 13.2. The molecule has 0 radical (unpaired) electrons. The lowest BCUT2D eigenvalue weighted by Crippen LogP contribution is -2.53. The molecule has 1 aromatic rings. The molecule has 4 rings (SSSR count). The van der Waals surface area contributed by atoms with Gasteiger partial charge in [0.25, 0.3) is 0 Å². The summed E-state index contributed by atoms with van der Waals surface area (Å²) in [5.74, 6) is 0.775. The lowest BCUT2D eigenvalue weighted by Gasteiger charge is -2.39. The van der Waals surface area contributed by atoms with Gasteiger partial charge < -0.3 is 20.3 Å². The van der Waals surface area contributed by atoms with Crippen molar-refractivity contribution in [1.82, 2.24) is 20.2 Å². The first-order chi connectivity index (χ1) is 11.2. The van der Waals surface area contributed by atoms with E-state index in [0.29, 0.717) is 19.2 Å². The Hall–Kier alpha value is -1.89. The van der Waals surface area contributed by atoms with Crippen molar-refractivity contribution in [2.45, 2.75) is 49.8 Å². The standard InChI is InChI=1S/C16H23N5O2/c22-15(20-12-2-3-12)21-7-1-4-16(11-21)8-13(10-23-16)19-14-9-17-5-6-18-14/h5-6,9,12-13H,1-4,7-8,10-11H2,(H,18,19)(H,20,22)/t13-,16+/m0/s1. The van der Waals surface area contributed by atoms with Gasteiger partial charge in [-0.15, -0.1) is 0 Å². The maximum absolute atomic E-state index is 12.3. The smallest absolute Gasteiger partial charge is 0.317 e. The minimum absolute atomic E-state index is 0.0699. The van der Waals surface area contributed by atoms with E-state index in [-0.39, 0.29) is 17.7 Å². The average Bonchev–Trinajstić information content (AvgIpc) is 3.31. The minimum atomic E-state index is -0.209. The summed E-state index contributed by atoms with van der Waals surface area (Å²) in [7, 11) is 0. The number of anilines is 1. The minimum Gasteiger partial charge on any atom is -0.371 e. The molecule has 1 spiro atoms. The van der Waals surface area contributed by atoms with Gasteiger partial charge in [0.15, 0.2) is 0 Å². The molecule has 7 heteroatoms. The van der Waals surface area contributed by atoms with E-state index in [1.165, 1.54) is 0 Å². The van der Waals surface area contributed by atoms with Gasteiger partial charge in [-0.1, -0.05) is 0 Å². The van der Waals surface area contributed by atoms with Gasteiger partial charge in [-0.25, -0.2) is 9.78 Å². The molecular weight excluding hydrogens is 294 g/mol. The summed E-state index contributed by atoms with van der Waals surface area (Å²) in [6, 6.07) is 0.689. The van der Waals surface area contributed by atoms with Crippen LogP contribution in [0.25, 0.3) is 0 Å². The van der Waals surface area contributed by atoms with Gasteiger partial charge in [0.05, 0.1) is 31.0 Å². The lowest BCUT2D eigenvalue weighted by atomic mass is 9.89. The highest BCUT2D eigenvalue weighted by Gasteiger charge is 2.45. The Kier molecular flexibility index (Phi) is 3.80. The first-order valence-electron chi connectivity index (χ1n) is 8.44. The molecule has 23 heavy (non-hydrogen) atoms. The molecule has 3 heterocycles. The molecule has 2 saturated heterocycles. The largest absolute Gasteiger partial charge is 0.371 e. The molecule has 1 aromatic heterocycles. The molecule has 0 aromatic carbocycles. The van der Waals surface area contributed by atoms with E-state index in [1.54, 1.807) is 18.6 Å². The topological polar surface area (TPSA) is 79.4 Å². The van der Waals surface area contributed by atoms with Crippen LogP contribution in [0.3, 0.4) is 0 Å². The van der Waals surface area contributed by atoms with Gasteiger partial charge in [0.2, 0.25) is 0 Å². The van der Waals surface area contributed by atoms with Crippen molar-refractivity contribution < 1.29 is 9.53 Å². The summed E-state index contributed by atoms with van der Waals surface area (Å²) in [6.45, 7) is 2.16. The molecule has 2 atom stereocenters. The van der Waals surface area contributed by atoms with Crippen LogP contribution in [0.5, 0.6) is 0 Å². The normalized spacial score (nSPS) is 30.4. The molecule has 1 saturated carbocycles. The van der Waals surface area contributed by atoms with Gasteiger partial charge in [-0.2, -0.15) is 0 Å². The van der Waals surface area contributed by atoms with E-state index in [2.05, 4.69) is 20.6 Å². The fourth-order valence-electron chi connectivity index (χ4n) is 3.57. The third kappa shape index (κ3) is 3.39. The van der Waals surface area contributed by atoms with Crippen LogP contribution in [-0.2, 0) is 4.74 Å². The second kappa shape index (κ2) is 5.96. The Morgan fingerprint density at radius 3 is 3.04 bits per heavy atom. The number of carbonyl (C=O) groups excluding carboxylic acids is 1. The molecule has 124 valence electrons. The van der Waals surface area contributed by atoms with Crippen molar-refractivity contribution in [1.29, 1.82) is 0 Å². The summed E-state index contributed by atoms with van der Waals surface area (Å²) < 4.78 is 6.13. The number of aromatic nitrogens is 2. The summed E-state index contributed by atoms with van der Waals surface area (Å²) in [6.07, 6.45) is 10.2. The first-order valence-corrected chi connectivity index (χ1v) is 8.44. The van der Waals surface area contributed by atoms with Crippen LogP contribution in [0.1, 0.15) is 32.1 Å². The number of carbonyl (C=O) groups is 1. The van der Waals surface area contributed by atoms with E-state index in [4.69, 9.17) is 4.74 Å². The van der Waals surface area contributed by atoms with E-state index in [0.717, 1.165) is 44.5 Å². The number of ether oxygens (including phenoxy) is 1. The third-order valence-corrected chi connectivity index (χ3v) is 4.86. The van der Waals surface area contributed by atoms with Crippen LogP contribution in [0, 0.1) is 0 Å². The first kappa shape index (κ1) is 14.7. The molecule has 2 N–H and O–H groups in total. The van der Waals surface area contributed by atoms with Crippen molar-refractivity contribution in [3.63, 3.8) is 0 Å². The van der Waals surface area contributed by atoms with Crippen molar-refractivity contribution in [3.8, 4) is 0 Å². The monoisotopic (exact) mass is 317 g/mol. The second-order valence-corrected chi connectivity index (χ2v) is 6.88. The molecule has 3 fully saturated rings. The number of likely N-dealkylation sites (tertiary alicyclic amines) is 1. The van der Waals surface area contributed by atoms with Crippen molar-refractivity contribution in [3.05, 3.63) is 18.6 Å². The number of hydrogen-bond acceptors (Lipinski definition) is 5. The van der Waals surface area contributed by atoms with Crippen LogP contribution >= 0.6 is 0 Å². The van der Waals surface area contributed by atoms with Gasteiger partial charge in [0.1, 0.15) is 5.82 Å². The molecule has 1 aliphatic carbocycles. The van der Waals surface area contributed by atoms with Crippen LogP contribution < -0.4 is 10.6 Å². The van der Waals surface area contributed by atoms with Crippen molar-refractivity contribution >= 4 is 11.8 Å². The zero-order chi connectivity index (χ0) is 15.7. The number of amides is 2. The number of nitrogens with zero attached hydrogens (tertiary/aromatic N) is 3. The van der Waals surface area contributed by atoms with Gasteiger partial charge >= 0.3 is 6.03 Å². The van der Waals surface area contributed by atoms with E-state index in [9.17, 15) is 4.79 Å². The zero-order valence-electron chi connectivity index (χ0n) is 13.2. The van der Waals surface area contributed by atoms with Crippen LogP contribution in [0.4, 0.5) is 10.6 Å². The molecule has 2 aliphatic heterocycles. The fourth-order valence-corrected chi connectivity index (χ4v) is 3.57. The number of nitrogens with one attached hydrogen (secondary N) is 2. The number of hydrogen-bond donors (Lipinski definition) is 2. The highest BCUT2D eigenvalue weighted by molar-refractivity contribution is 5.75. The Bertz CT molecular complexity index is 565. The molecule has 2 amide bonds. The van der Waals surface area contributed by atoms with Crippen LogP contribution in [-0.4, -0.2) is 58.3 Å². The number of urea groups is 1. The molecule has 0 unspecified atom stereocenters. The Balaban J connectivity index is 1.35. The maximum Gasteiger partial charge on any atom is 0.317 e. The lowest BCUT2D eigenvalue weighted by molar-refractivity contribution is -0.0409. The Labute approximate surface area is 135 Å². The highest BCUT2D eigenvalue weighted by Crippen LogP contribution is 2.35. The van der Waals surface area contributed by atoms with E-state index >= 15 is 0 Å². The highest BCUT2D eigenvalue weighted by atomic mass is 16.5. The molecule has 0 bridgehead atoms. The van der Waals surface area contributed by atoms with Gasteiger partial charge in [-0.05, 0) is 25.7 Å². The van der Waals surface area contributed by atoms with Crippen LogP contribution in [0.15, 0.2) is 18.6 Å². The second-order valence-electron chi connectivity index (χ2n) is 6.88. The average molecular weight is 317 g/mol. The fraction of sp³-hybridized carbons (Fsp3) is 0.688. The van der Waals surface area contributed by atoms with Crippen molar-refractivity contribution in [2.75, 3.05) is 25.0 Å². The van der Waals surface area contributed by atoms with E-state index in [1.807, 2.05) is 4.90 Å². The summed E-state index contributed by atoms with van der Waals surface area (Å²) >= 11 is 0. The summed E-state index contributed by atoms with van der Waals surface area (Å²) in [5, 5.41) is 6.46. The Morgan fingerprint density at radius 2 is 2.26 bits per heavy atom. The predicted octanol–water partition coefficient (Wildman–Crippen LogP) is 1.38. The van der Waals surface area contributed by atoms with E-state index < -0.39 is 0 Å². The van der Waals surface area contributed by atoms with Gasteiger partial charge in [0, 0.05) is 31.4 Å². The molecule has 7 nitrogen and oxygen atoms in total. The number of rotatable bonds is 3. The van der Waals surface area contributed by atoms with Crippen LogP contribution in [0.2, 0.25) is 0 Å². The molecular formula is C16H23N5O2. The third-order valence-electron chi connectivity index (χ3n) is 4.86. The maximum atomic E-state index is 12.3. The number of piperidine rings is 1. The molecule has 3 aliphatic rings. The Morgan fingerprint density at radius 1 is 1.35 bits per heavy atom. The van der Waals surface area contributed by atoms with Gasteiger partial charge in [-0.3, -0.25) is 4.98 Å². The summed E-state index contributed by atoms with van der Waals surface area (Å²) in [5.41, 5.74) is -0.209. The van der Waals surface area contributed by atoms with Crippen molar-refractivity contribution in [2.24, 2.45) is 0 Å². The SMILES string of the molecule is O=C(NC1CC1)N1CCC[C@@]2(C[C@H](Nc3cnccn3)CO2)C1. The quantitative estimate of drug-likeness (QED) is 0.880. The predicted molar refractivity (Wildman–Crippen MR) is 85.1 cm³/mol. The summed E-state index contributed by atoms with van der Waals surface area (Å²) in [4.78, 5) is 22.5.